The molecule has 0 saturated carbocycles. The molecule has 128 valence electrons. The molecule has 0 aliphatic carbocycles. The number of fused-ring (bicyclic) bond motifs is 1. The largest absolute Gasteiger partial charge is 0.493 e. The van der Waals surface area contributed by atoms with E-state index in [0.29, 0.717) is 12.5 Å². The predicted molar refractivity (Wildman–Crippen MR) is 92.1 cm³/mol. The maximum Gasteiger partial charge on any atom is 0.293 e. The van der Waals surface area contributed by atoms with Crippen molar-refractivity contribution in [2.24, 2.45) is 0 Å². The monoisotopic (exact) mass is 393 g/mol. The average molecular weight is 394 g/mol. The minimum absolute atomic E-state index is 0.0590. The molecule has 0 saturated heterocycles. The SMILES string of the molecule is CC(C)(C)c1nc(C(=O)NC2CCCOc3cc(Br)ccc32)no1. The highest BCUT2D eigenvalue weighted by molar-refractivity contribution is 9.10. The Bertz CT molecular complexity index is 752. The summed E-state index contributed by atoms with van der Waals surface area (Å²) >= 11 is 3.44. The fourth-order valence-electron chi connectivity index (χ4n) is 2.54. The summed E-state index contributed by atoms with van der Waals surface area (Å²) in [4.78, 5) is 16.7. The third kappa shape index (κ3) is 3.61. The van der Waals surface area contributed by atoms with Crippen molar-refractivity contribution in [2.45, 2.75) is 45.1 Å². The molecule has 0 spiro atoms. The van der Waals surface area contributed by atoms with Gasteiger partial charge in [0.05, 0.1) is 12.6 Å². The first-order chi connectivity index (χ1) is 11.3. The molecule has 0 radical (unpaired) electrons. The minimum Gasteiger partial charge on any atom is -0.493 e. The van der Waals surface area contributed by atoms with Gasteiger partial charge in [0.2, 0.25) is 5.89 Å². The third-order valence-corrected chi connectivity index (χ3v) is 4.32. The zero-order valence-electron chi connectivity index (χ0n) is 13.9. The molecule has 1 atom stereocenters. The van der Waals surface area contributed by atoms with Gasteiger partial charge in [0, 0.05) is 15.5 Å². The summed E-state index contributed by atoms with van der Waals surface area (Å²) in [5, 5.41) is 6.80. The van der Waals surface area contributed by atoms with Crippen molar-refractivity contribution in [3.8, 4) is 5.75 Å². The predicted octanol–water partition coefficient (Wildman–Crippen LogP) is 3.77. The van der Waals surface area contributed by atoms with E-state index < -0.39 is 0 Å². The molecule has 6 nitrogen and oxygen atoms in total. The van der Waals surface area contributed by atoms with Crippen LogP contribution in [0.2, 0.25) is 0 Å². The van der Waals surface area contributed by atoms with Crippen LogP contribution in [0.15, 0.2) is 27.2 Å². The molecule has 3 rings (SSSR count). The maximum absolute atomic E-state index is 12.5. The van der Waals surface area contributed by atoms with E-state index in [1.165, 1.54) is 0 Å². The third-order valence-electron chi connectivity index (χ3n) is 3.82. The molecular formula is C17H20BrN3O3. The molecule has 24 heavy (non-hydrogen) atoms. The molecule has 1 aliphatic heterocycles. The number of ether oxygens (including phenoxy) is 1. The second-order valence-corrected chi connectivity index (χ2v) is 7.79. The van der Waals surface area contributed by atoms with Gasteiger partial charge in [-0.25, -0.2) is 0 Å². The zero-order chi connectivity index (χ0) is 17.3. The summed E-state index contributed by atoms with van der Waals surface area (Å²) in [6.07, 6.45) is 1.65. The van der Waals surface area contributed by atoms with Crippen LogP contribution >= 0.6 is 15.9 Å². The number of carbonyl (C=O) groups is 1. The summed E-state index contributed by atoms with van der Waals surface area (Å²) in [7, 11) is 0. The fourth-order valence-corrected chi connectivity index (χ4v) is 2.88. The van der Waals surface area contributed by atoms with Gasteiger partial charge in [-0.15, -0.1) is 0 Å². The normalized spacial score (nSPS) is 17.6. The number of aromatic nitrogens is 2. The summed E-state index contributed by atoms with van der Waals surface area (Å²) in [6, 6.07) is 5.69. The number of halogens is 1. The second kappa shape index (κ2) is 6.55. The van der Waals surface area contributed by atoms with Crippen LogP contribution in [0.1, 0.15) is 61.7 Å². The van der Waals surface area contributed by atoms with E-state index >= 15 is 0 Å². The fraction of sp³-hybridized carbons (Fsp3) is 0.471. The molecular weight excluding hydrogens is 374 g/mol. The lowest BCUT2D eigenvalue weighted by Gasteiger charge is -2.17. The Kier molecular flexibility index (Phi) is 4.62. The molecule has 1 unspecified atom stereocenters. The topological polar surface area (TPSA) is 77.2 Å². The first-order valence-corrected chi connectivity index (χ1v) is 8.71. The van der Waals surface area contributed by atoms with Gasteiger partial charge in [-0.1, -0.05) is 47.9 Å². The first-order valence-electron chi connectivity index (χ1n) is 7.92. The van der Waals surface area contributed by atoms with Crippen LogP contribution in [-0.4, -0.2) is 22.7 Å². The number of rotatable bonds is 2. The molecule has 1 aromatic carbocycles. The van der Waals surface area contributed by atoms with Crippen LogP contribution in [0, 0.1) is 0 Å². The molecule has 1 amide bonds. The van der Waals surface area contributed by atoms with Gasteiger partial charge in [-0.3, -0.25) is 4.79 Å². The molecule has 0 bridgehead atoms. The van der Waals surface area contributed by atoms with Gasteiger partial charge in [-0.05, 0) is 25.0 Å². The quantitative estimate of drug-likeness (QED) is 0.839. The van der Waals surface area contributed by atoms with Crippen molar-refractivity contribution in [1.82, 2.24) is 15.5 Å². The lowest BCUT2D eigenvalue weighted by atomic mass is 9.97. The minimum atomic E-state index is -0.338. The van der Waals surface area contributed by atoms with E-state index in [2.05, 4.69) is 31.4 Å². The highest BCUT2D eigenvalue weighted by Gasteiger charge is 2.27. The highest BCUT2D eigenvalue weighted by atomic mass is 79.9. The Morgan fingerprint density at radius 3 is 2.88 bits per heavy atom. The van der Waals surface area contributed by atoms with Gasteiger partial charge >= 0.3 is 0 Å². The number of hydrogen-bond acceptors (Lipinski definition) is 5. The Balaban J connectivity index is 1.81. The molecule has 1 aliphatic rings. The molecule has 2 aromatic rings. The highest BCUT2D eigenvalue weighted by Crippen LogP contribution is 2.33. The number of hydrogen-bond donors (Lipinski definition) is 1. The van der Waals surface area contributed by atoms with Crippen LogP contribution < -0.4 is 10.1 Å². The molecule has 2 heterocycles. The molecule has 1 aromatic heterocycles. The van der Waals surface area contributed by atoms with Gasteiger partial charge in [0.25, 0.3) is 11.7 Å². The smallest absolute Gasteiger partial charge is 0.293 e. The van der Waals surface area contributed by atoms with Crippen LogP contribution in [0.25, 0.3) is 0 Å². The number of benzene rings is 1. The van der Waals surface area contributed by atoms with Crippen molar-refractivity contribution < 1.29 is 14.1 Å². The molecule has 1 N–H and O–H groups in total. The van der Waals surface area contributed by atoms with E-state index in [4.69, 9.17) is 9.26 Å². The van der Waals surface area contributed by atoms with E-state index in [1.54, 1.807) is 0 Å². The molecule has 0 fully saturated rings. The van der Waals surface area contributed by atoms with E-state index in [9.17, 15) is 4.79 Å². The number of nitrogens with one attached hydrogen (secondary N) is 1. The van der Waals surface area contributed by atoms with Crippen molar-refractivity contribution in [1.29, 1.82) is 0 Å². The summed E-state index contributed by atoms with van der Waals surface area (Å²) < 4.78 is 11.9. The van der Waals surface area contributed by atoms with Crippen molar-refractivity contribution in [3.05, 3.63) is 40.0 Å². The van der Waals surface area contributed by atoms with Crippen LogP contribution in [0.4, 0.5) is 0 Å². The lowest BCUT2D eigenvalue weighted by Crippen LogP contribution is -2.29. The van der Waals surface area contributed by atoms with E-state index in [-0.39, 0.29) is 23.2 Å². The van der Waals surface area contributed by atoms with Gasteiger partial charge in [-0.2, -0.15) is 4.98 Å². The Morgan fingerprint density at radius 2 is 2.17 bits per heavy atom. The lowest BCUT2D eigenvalue weighted by molar-refractivity contribution is 0.0921. The van der Waals surface area contributed by atoms with Crippen molar-refractivity contribution in [3.63, 3.8) is 0 Å². The van der Waals surface area contributed by atoms with E-state index in [1.807, 2.05) is 39.0 Å². The first kappa shape index (κ1) is 17.0. The number of carbonyl (C=O) groups excluding carboxylic acids is 1. The Labute approximate surface area is 149 Å². The van der Waals surface area contributed by atoms with Crippen LogP contribution in [0.5, 0.6) is 5.75 Å². The maximum atomic E-state index is 12.5. The van der Waals surface area contributed by atoms with E-state index in [0.717, 1.165) is 28.6 Å². The summed E-state index contributed by atoms with van der Waals surface area (Å²) in [6.45, 7) is 6.50. The average Bonchev–Trinajstić information content (AvgIpc) is 2.93. The Morgan fingerprint density at radius 1 is 1.38 bits per heavy atom. The summed E-state index contributed by atoms with van der Waals surface area (Å²) in [5.74, 6) is 0.954. The standard InChI is InChI=1S/C17H20BrN3O3/c1-17(2,3)16-20-14(21-24-16)15(22)19-12-5-4-8-23-13-9-10(18)6-7-11(12)13/h6-7,9,12H,4-5,8H2,1-3H3,(H,19,22). The second-order valence-electron chi connectivity index (χ2n) is 6.87. The van der Waals surface area contributed by atoms with Crippen molar-refractivity contribution in [2.75, 3.05) is 6.61 Å². The van der Waals surface area contributed by atoms with Gasteiger partial charge in [0.15, 0.2) is 0 Å². The van der Waals surface area contributed by atoms with Gasteiger partial charge < -0.3 is 14.6 Å². The van der Waals surface area contributed by atoms with Gasteiger partial charge in [0.1, 0.15) is 5.75 Å². The van der Waals surface area contributed by atoms with Crippen LogP contribution in [0.3, 0.4) is 0 Å². The number of nitrogens with zero attached hydrogens (tertiary/aromatic N) is 2. The zero-order valence-corrected chi connectivity index (χ0v) is 15.5. The number of amides is 1. The summed E-state index contributed by atoms with van der Waals surface area (Å²) in [5.41, 5.74) is 0.671. The Hall–Kier alpha value is -1.89. The molecule has 7 heteroatoms. The van der Waals surface area contributed by atoms with Crippen molar-refractivity contribution >= 4 is 21.8 Å². The van der Waals surface area contributed by atoms with Crippen LogP contribution in [-0.2, 0) is 5.41 Å².